The third-order valence-corrected chi connectivity index (χ3v) is 3.50. The minimum absolute atomic E-state index is 0. The van der Waals surface area contributed by atoms with Gasteiger partial charge in [0.15, 0.2) is 4.47 Å². The molecule has 3 nitrogen and oxygen atoms in total. The van der Waals surface area contributed by atoms with Crippen molar-refractivity contribution in [2.24, 2.45) is 0 Å². The van der Waals surface area contributed by atoms with Crippen molar-refractivity contribution in [1.82, 2.24) is 15.6 Å². The summed E-state index contributed by atoms with van der Waals surface area (Å²) in [4.78, 5) is 5.22. The average Bonchev–Trinajstić information content (AvgIpc) is 2.63. The lowest BCUT2D eigenvalue weighted by Gasteiger charge is -2.23. The van der Waals surface area contributed by atoms with Crippen LogP contribution in [0.3, 0.4) is 0 Å². The molecular formula is C9H15Cl2N3S. The van der Waals surface area contributed by atoms with Gasteiger partial charge in [-0.15, -0.1) is 23.7 Å². The number of thiazole rings is 1. The second kappa shape index (κ2) is 6.66. The summed E-state index contributed by atoms with van der Waals surface area (Å²) in [6.07, 6.45) is 4.37. The Hall–Kier alpha value is 0.130. The molecular weight excluding hydrogens is 253 g/mol. The van der Waals surface area contributed by atoms with E-state index in [1.165, 1.54) is 17.7 Å². The summed E-state index contributed by atoms with van der Waals surface area (Å²) < 4.78 is 0.628. The molecule has 1 aromatic rings. The van der Waals surface area contributed by atoms with Crippen LogP contribution in [0, 0.1) is 0 Å². The van der Waals surface area contributed by atoms with Crippen LogP contribution >= 0.6 is 35.3 Å². The molecule has 6 heteroatoms. The second-order valence-electron chi connectivity index (χ2n) is 3.50. The van der Waals surface area contributed by atoms with Gasteiger partial charge in [0.2, 0.25) is 0 Å². The van der Waals surface area contributed by atoms with E-state index in [1.807, 2.05) is 6.20 Å². The Kier molecular flexibility index (Phi) is 5.86. The van der Waals surface area contributed by atoms with E-state index in [2.05, 4.69) is 15.6 Å². The molecule has 2 rings (SSSR count). The minimum Gasteiger partial charge on any atom is -0.315 e. The first-order valence-corrected chi connectivity index (χ1v) is 6.08. The van der Waals surface area contributed by atoms with Crippen LogP contribution in [-0.4, -0.2) is 24.1 Å². The Morgan fingerprint density at radius 1 is 1.67 bits per heavy atom. The highest BCUT2D eigenvalue weighted by Crippen LogP contribution is 2.17. The van der Waals surface area contributed by atoms with Crippen molar-refractivity contribution < 1.29 is 0 Å². The molecule has 15 heavy (non-hydrogen) atoms. The van der Waals surface area contributed by atoms with Gasteiger partial charge < -0.3 is 10.6 Å². The van der Waals surface area contributed by atoms with Gasteiger partial charge in [-0.3, -0.25) is 0 Å². The summed E-state index contributed by atoms with van der Waals surface area (Å²) in [6, 6.07) is 0.602. The Morgan fingerprint density at radius 3 is 3.13 bits per heavy atom. The van der Waals surface area contributed by atoms with Gasteiger partial charge in [-0.25, -0.2) is 4.98 Å². The number of nitrogens with zero attached hydrogens (tertiary/aromatic N) is 1. The Labute approximate surface area is 105 Å². The van der Waals surface area contributed by atoms with E-state index >= 15 is 0 Å². The molecule has 0 aliphatic carbocycles. The molecule has 1 saturated heterocycles. The van der Waals surface area contributed by atoms with Gasteiger partial charge in [0.25, 0.3) is 0 Å². The van der Waals surface area contributed by atoms with Crippen LogP contribution in [0.5, 0.6) is 0 Å². The van der Waals surface area contributed by atoms with E-state index < -0.39 is 0 Å². The van der Waals surface area contributed by atoms with Crippen LogP contribution in [0.2, 0.25) is 4.47 Å². The average molecular weight is 268 g/mol. The third-order valence-electron chi connectivity index (χ3n) is 2.39. The van der Waals surface area contributed by atoms with Crippen molar-refractivity contribution in [3.05, 3.63) is 15.5 Å². The van der Waals surface area contributed by atoms with Crippen LogP contribution in [0.1, 0.15) is 17.7 Å². The van der Waals surface area contributed by atoms with E-state index in [1.54, 1.807) is 11.3 Å². The first-order chi connectivity index (χ1) is 6.84. The molecule has 0 radical (unpaired) electrons. The highest BCUT2D eigenvalue weighted by atomic mass is 35.5. The van der Waals surface area contributed by atoms with E-state index in [0.29, 0.717) is 10.5 Å². The molecule has 1 aliphatic heterocycles. The van der Waals surface area contributed by atoms with Gasteiger partial charge in [0.1, 0.15) is 0 Å². The first-order valence-electron chi connectivity index (χ1n) is 4.89. The molecule has 1 aliphatic rings. The third kappa shape index (κ3) is 4.25. The predicted molar refractivity (Wildman–Crippen MR) is 67.1 cm³/mol. The summed E-state index contributed by atoms with van der Waals surface area (Å²) >= 11 is 7.30. The largest absolute Gasteiger partial charge is 0.315 e. The van der Waals surface area contributed by atoms with Crippen molar-refractivity contribution >= 4 is 35.3 Å². The number of nitrogens with one attached hydrogen (secondary N) is 2. The Balaban J connectivity index is 0.00000112. The van der Waals surface area contributed by atoms with E-state index in [0.717, 1.165) is 19.6 Å². The van der Waals surface area contributed by atoms with Gasteiger partial charge in [0.05, 0.1) is 0 Å². The summed E-state index contributed by atoms with van der Waals surface area (Å²) in [6.45, 7) is 3.12. The zero-order valence-electron chi connectivity index (χ0n) is 8.33. The standard InChI is InChI=1S/C9H14ClN3S.ClH/c10-9-13-6-8(14-9)5-12-7-2-1-3-11-4-7;/h6-7,11-12H,1-5H2;1H. The molecule has 1 fully saturated rings. The fraction of sp³-hybridized carbons (Fsp3) is 0.667. The highest BCUT2D eigenvalue weighted by Gasteiger charge is 2.12. The maximum Gasteiger partial charge on any atom is 0.183 e. The Morgan fingerprint density at radius 2 is 2.53 bits per heavy atom. The van der Waals surface area contributed by atoms with Crippen LogP contribution in [0.15, 0.2) is 6.20 Å². The van der Waals surface area contributed by atoms with E-state index in [9.17, 15) is 0 Å². The number of rotatable bonds is 3. The van der Waals surface area contributed by atoms with Gasteiger partial charge >= 0.3 is 0 Å². The van der Waals surface area contributed by atoms with Crippen LogP contribution in [0.25, 0.3) is 0 Å². The van der Waals surface area contributed by atoms with E-state index in [-0.39, 0.29) is 12.4 Å². The van der Waals surface area contributed by atoms with Crippen molar-refractivity contribution in [2.75, 3.05) is 13.1 Å². The molecule has 2 N–H and O–H groups in total. The molecule has 0 bridgehead atoms. The summed E-state index contributed by atoms with van der Waals surface area (Å²) in [7, 11) is 0. The molecule has 1 atom stereocenters. The minimum atomic E-state index is 0. The quantitative estimate of drug-likeness (QED) is 0.881. The zero-order valence-corrected chi connectivity index (χ0v) is 10.7. The number of halogens is 2. The molecule has 1 unspecified atom stereocenters. The maximum absolute atomic E-state index is 5.75. The summed E-state index contributed by atoms with van der Waals surface area (Å²) in [5.74, 6) is 0. The predicted octanol–water partition coefficient (Wildman–Crippen LogP) is 2.06. The number of hydrogen-bond donors (Lipinski definition) is 2. The number of piperidine rings is 1. The fourth-order valence-corrected chi connectivity index (χ4v) is 2.57. The van der Waals surface area contributed by atoms with Gasteiger partial charge in [0, 0.05) is 30.2 Å². The van der Waals surface area contributed by atoms with Crippen LogP contribution in [0.4, 0.5) is 0 Å². The molecule has 0 aromatic carbocycles. The molecule has 0 amide bonds. The fourth-order valence-electron chi connectivity index (χ4n) is 1.64. The Bertz CT molecular complexity index is 287. The first kappa shape index (κ1) is 13.2. The molecule has 2 heterocycles. The molecule has 0 spiro atoms. The second-order valence-corrected chi connectivity index (χ2v) is 5.20. The zero-order chi connectivity index (χ0) is 9.80. The van der Waals surface area contributed by atoms with E-state index in [4.69, 9.17) is 11.6 Å². The SMILES string of the molecule is Cl.Clc1ncc(CNC2CCCNC2)s1. The topological polar surface area (TPSA) is 37.0 Å². The van der Waals surface area contributed by atoms with Gasteiger partial charge in [-0.05, 0) is 19.4 Å². The summed E-state index contributed by atoms with van der Waals surface area (Å²) in [5, 5.41) is 6.88. The lowest BCUT2D eigenvalue weighted by molar-refractivity contribution is 0.390. The molecule has 86 valence electrons. The molecule has 1 aromatic heterocycles. The normalized spacial score (nSPS) is 21.0. The van der Waals surface area contributed by atoms with Crippen LogP contribution < -0.4 is 10.6 Å². The smallest absolute Gasteiger partial charge is 0.183 e. The van der Waals surface area contributed by atoms with Crippen molar-refractivity contribution in [3.63, 3.8) is 0 Å². The highest BCUT2D eigenvalue weighted by molar-refractivity contribution is 7.15. The number of hydrogen-bond acceptors (Lipinski definition) is 4. The molecule has 0 saturated carbocycles. The van der Waals surface area contributed by atoms with Crippen molar-refractivity contribution in [3.8, 4) is 0 Å². The lowest BCUT2D eigenvalue weighted by atomic mass is 10.1. The van der Waals surface area contributed by atoms with Crippen molar-refractivity contribution in [2.45, 2.75) is 25.4 Å². The van der Waals surface area contributed by atoms with Gasteiger partial charge in [-0.2, -0.15) is 0 Å². The maximum atomic E-state index is 5.75. The number of aromatic nitrogens is 1. The van der Waals surface area contributed by atoms with Crippen molar-refractivity contribution in [1.29, 1.82) is 0 Å². The lowest BCUT2D eigenvalue weighted by Crippen LogP contribution is -2.42. The summed E-state index contributed by atoms with van der Waals surface area (Å²) in [5.41, 5.74) is 0. The monoisotopic (exact) mass is 267 g/mol. The van der Waals surface area contributed by atoms with Crippen LogP contribution in [-0.2, 0) is 6.54 Å². The van der Waals surface area contributed by atoms with Gasteiger partial charge in [-0.1, -0.05) is 11.6 Å².